The van der Waals surface area contributed by atoms with E-state index < -0.39 is 5.41 Å². The molecule has 0 saturated heterocycles. The van der Waals surface area contributed by atoms with Gasteiger partial charge < -0.3 is 10.6 Å². The summed E-state index contributed by atoms with van der Waals surface area (Å²) in [6.45, 7) is 5.81. The van der Waals surface area contributed by atoms with Crippen LogP contribution in [0.3, 0.4) is 0 Å². The first-order chi connectivity index (χ1) is 11.4. The van der Waals surface area contributed by atoms with Gasteiger partial charge in [0.25, 0.3) is 0 Å². The molecule has 2 N–H and O–H groups in total. The van der Waals surface area contributed by atoms with Crippen LogP contribution >= 0.6 is 0 Å². The zero-order valence-electron chi connectivity index (χ0n) is 14.4. The molecule has 0 radical (unpaired) electrons. The van der Waals surface area contributed by atoms with Crippen LogP contribution in [0.1, 0.15) is 32.8 Å². The van der Waals surface area contributed by atoms with Crippen LogP contribution in [0.2, 0.25) is 0 Å². The van der Waals surface area contributed by atoms with Crippen molar-refractivity contribution in [2.24, 2.45) is 5.41 Å². The average Bonchev–Trinajstić information content (AvgIpc) is 2.56. The third-order valence-corrected chi connectivity index (χ3v) is 4.11. The number of rotatable bonds is 6. The first kappa shape index (κ1) is 17.7. The zero-order valence-corrected chi connectivity index (χ0v) is 14.4. The minimum atomic E-state index is -0.424. The Hall–Kier alpha value is -2.62. The lowest BCUT2D eigenvalue weighted by Gasteiger charge is -2.21. The Morgan fingerprint density at radius 2 is 1.54 bits per heavy atom. The van der Waals surface area contributed by atoms with Crippen molar-refractivity contribution < 1.29 is 9.59 Å². The largest absolute Gasteiger partial charge is 0.326 e. The van der Waals surface area contributed by atoms with Crippen molar-refractivity contribution in [2.75, 3.05) is 10.6 Å². The van der Waals surface area contributed by atoms with E-state index in [4.69, 9.17) is 0 Å². The van der Waals surface area contributed by atoms with Gasteiger partial charge in [0, 0.05) is 16.8 Å². The van der Waals surface area contributed by atoms with Crippen LogP contribution in [-0.4, -0.2) is 11.8 Å². The van der Waals surface area contributed by atoms with Crippen LogP contribution in [0.25, 0.3) is 0 Å². The average molecular weight is 324 g/mol. The first-order valence-electron chi connectivity index (χ1n) is 8.16. The summed E-state index contributed by atoms with van der Waals surface area (Å²) in [6.07, 6.45) is 1.08. The van der Waals surface area contributed by atoms with E-state index in [-0.39, 0.29) is 11.8 Å². The molecule has 24 heavy (non-hydrogen) atoms. The lowest BCUT2D eigenvalue weighted by molar-refractivity contribution is -0.124. The van der Waals surface area contributed by atoms with Gasteiger partial charge in [-0.25, -0.2) is 0 Å². The summed E-state index contributed by atoms with van der Waals surface area (Å²) in [5.74, 6) is -0.115. The van der Waals surface area contributed by atoms with E-state index in [9.17, 15) is 9.59 Å². The number of carbonyl (C=O) groups is 2. The second kappa shape index (κ2) is 7.77. The van der Waals surface area contributed by atoms with Crippen LogP contribution < -0.4 is 10.6 Å². The van der Waals surface area contributed by atoms with Gasteiger partial charge in [0.1, 0.15) is 0 Å². The molecular weight excluding hydrogens is 300 g/mol. The molecule has 126 valence electrons. The molecule has 0 heterocycles. The molecule has 0 atom stereocenters. The lowest BCUT2D eigenvalue weighted by atomic mass is 9.89. The van der Waals surface area contributed by atoms with Crippen LogP contribution in [-0.2, 0) is 16.0 Å². The highest BCUT2D eigenvalue weighted by molar-refractivity contribution is 5.96. The second-order valence-electron chi connectivity index (χ2n) is 6.48. The van der Waals surface area contributed by atoms with Crippen LogP contribution in [0, 0.1) is 5.41 Å². The molecule has 0 aromatic heterocycles. The molecule has 2 aromatic carbocycles. The van der Waals surface area contributed by atoms with E-state index in [1.165, 1.54) is 0 Å². The topological polar surface area (TPSA) is 58.2 Å². The summed E-state index contributed by atoms with van der Waals surface area (Å²) in [5.41, 5.74) is 1.89. The van der Waals surface area contributed by atoms with E-state index in [2.05, 4.69) is 10.6 Å². The molecule has 4 heteroatoms. The minimum Gasteiger partial charge on any atom is -0.326 e. The molecule has 0 aliphatic carbocycles. The third-order valence-electron chi connectivity index (χ3n) is 4.11. The van der Waals surface area contributed by atoms with Crippen molar-refractivity contribution in [1.29, 1.82) is 0 Å². The van der Waals surface area contributed by atoms with Crippen molar-refractivity contribution >= 4 is 23.2 Å². The van der Waals surface area contributed by atoms with Gasteiger partial charge in [0.2, 0.25) is 11.8 Å². The Morgan fingerprint density at radius 1 is 0.917 bits per heavy atom. The number of nitrogens with one attached hydrogen (secondary N) is 2. The zero-order chi connectivity index (χ0) is 17.6. The van der Waals surface area contributed by atoms with E-state index in [0.29, 0.717) is 17.8 Å². The standard InChI is InChI=1S/C20H24N2O2/c1-4-20(2,3)19(24)22-17-12-8-11-16(14-17)21-18(23)13-15-9-6-5-7-10-15/h5-12,14H,4,13H2,1-3H3,(H,21,23)(H,22,24). The summed E-state index contributed by atoms with van der Waals surface area (Å²) < 4.78 is 0. The van der Waals surface area contributed by atoms with E-state index in [1.54, 1.807) is 6.07 Å². The third kappa shape index (κ3) is 4.95. The minimum absolute atomic E-state index is 0.0298. The Labute approximate surface area is 143 Å². The molecule has 4 nitrogen and oxygen atoms in total. The highest BCUT2D eigenvalue weighted by Crippen LogP contribution is 2.23. The smallest absolute Gasteiger partial charge is 0.230 e. The number of carbonyl (C=O) groups excluding carboxylic acids is 2. The fourth-order valence-corrected chi connectivity index (χ4v) is 2.12. The molecule has 2 amide bonds. The monoisotopic (exact) mass is 324 g/mol. The molecule has 0 aliphatic rings. The maximum atomic E-state index is 12.2. The number of anilines is 2. The highest BCUT2D eigenvalue weighted by atomic mass is 16.2. The second-order valence-corrected chi connectivity index (χ2v) is 6.48. The van der Waals surface area contributed by atoms with Crippen LogP contribution in [0.5, 0.6) is 0 Å². The first-order valence-corrected chi connectivity index (χ1v) is 8.16. The van der Waals surface area contributed by atoms with Crippen LogP contribution in [0.4, 0.5) is 11.4 Å². The summed E-state index contributed by atoms with van der Waals surface area (Å²) in [5, 5.41) is 5.77. The van der Waals surface area contributed by atoms with Crippen molar-refractivity contribution in [1.82, 2.24) is 0 Å². The Morgan fingerprint density at radius 3 is 2.17 bits per heavy atom. The van der Waals surface area contributed by atoms with E-state index >= 15 is 0 Å². The Kier molecular flexibility index (Phi) is 5.74. The normalized spacial score (nSPS) is 11.0. The summed E-state index contributed by atoms with van der Waals surface area (Å²) in [4.78, 5) is 24.4. The molecule has 0 bridgehead atoms. The number of benzene rings is 2. The predicted octanol–water partition coefficient (Wildman–Crippen LogP) is 4.24. The molecule has 0 aliphatic heterocycles. The molecule has 2 aromatic rings. The van der Waals surface area contributed by atoms with Crippen LogP contribution in [0.15, 0.2) is 54.6 Å². The molecule has 2 rings (SSSR count). The Balaban J connectivity index is 2.00. The SMILES string of the molecule is CCC(C)(C)C(=O)Nc1cccc(NC(=O)Cc2ccccc2)c1. The van der Waals surface area contributed by atoms with Gasteiger partial charge in [-0.3, -0.25) is 9.59 Å². The van der Waals surface area contributed by atoms with Gasteiger partial charge in [-0.1, -0.05) is 57.2 Å². The van der Waals surface area contributed by atoms with Gasteiger partial charge in [-0.2, -0.15) is 0 Å². The van der Waals surface area contributed by atoms with Gasteiger partial charge >= 0.3 is 0 Å². The predicted molar refractivity (Wildman–Crippen MR) is 97.9 cm³/mol. The lowest BCUT2D eigenvalue weighted by Crippen LogP contribution is -2.30. The number of hydrogen-bond donors (Lipinski definition) is 2. The summed E-state index contributed by atoms with van der Waals surface area (Å²) in [6, 6.07) is 16.8. The van der Waals surface area contributed by atoms with Crippen molar-refractivity contribution in [3.8, 4) is 0 Å². The maximum Gasteiger partial charge on any atom is 0.230 e. The van der Waals surface area contributed by atoms with Crippen molar-refractivity contribution in [2.45, 2.75) is 33.6 Å². The fourth-order valence-electron chi connectivity index (χ4n) is 2.12. The summed E-state index contributed by atoms with van der Waals surface area (Å²) >= 11 is 0. The molecular formula is C20H24N2O2. The van der Waals surface area contributed by atoms with Gasteiger partial charge in [-0.05, 0) is 30.2 Å². The Bertz CT molecular complexity index is 709. The van der Waals surface area contributed by atoms with Crippen molar-refractivity contribution in [3.63, 3.8) is 0 Å². The van der Waals surface area contributed by atoms with Gasteiger partial charge in [0.15, 0.2) is 0 Å². The van der Waals surface area contributed by atoms with Crippen molar-refractivity contribution in [3.05, 3.63) is 60.2 Å². The molecule has 0 fully saturated rings. The molecule has 0 unspecified atom stereocenters. The van der Waals surface area contributed by atoms with E-state index in [1.807, 2.05) is 69.3 Å². The highest BCUT2D eigenvalue weighted by Gasteiger charge is 2.25. The van der Waals surface area contributed by atoms with E-state index in [0.717, 1.165) is 12.0 Å². The van der Waals surface area contributed by atoms with Gasteiger partial charge in [0.05, 0.1) is 6.42 Å². The molecule has 0 saturated carbocycles. The number of amides is 2. The van der Waals surface area contributed by atoms with Gasteiger partial charge in [-0.15, -0.1) is 0 Å². The fraction of sp³-hybridized carbons (Fsp3) is 0.300. The maximum absolute atomic E-state index is 12.2. The molecule has 0 spiro atoms. The summed E-state index contributed by atoms with van der Waals surface area (Å²) in [7, 11) is 0. The quantitative estimate of drug-likeness (QED) is 0.835. The number of hydrogen-bond acceptors (Lipinski definition) is 2.